The van der Waals surface area contributed by atoms with Crippen molar-refractivity contribution < 1.29 is 494 Å². The third-order valence-electron chi connectivity index (χ3n) is 0.349. The molecular weight excluding hydrogens is 3060 g/mol. The summed E-state index contributed by atoms with van der Waals surface area (Å²) in [6.45, 7) is -0.556. The summed E-state index contributed by atoms with van der Waals surface area (Å²) in [4.78, 5) is 18.5. The van der Waals surface area contributed by atoms with Crippen molar-refractivity contribution in [3.8, 4) is 0 Å². The van der Waals surface area contributed by atoms with Crippen LogP contribution >= 0.6 is 0 Å². The van der Waals surface area contributed by atoms with Crippen LogP contribution in [0.5, 0.6) is 0 Å². The molecule has 63 heavy (non-hydrogen) atoms. The van der Waals surface area contributed by atoms with E-state index in [-0.39, 0.29) is 505 Å². The monoisotopic (exact) mass is 3070 g/mol. The molecule has 0 bridgehead atoms. The minimum absolute atomic E-state index is 0. The van der Waals surface area contributed by atoms with Gasteiger partial charge in [-0.1, -0.05) is 0 Å². The second-order valence-electron chi connectivity index (χ2n) is 1.20. The Morgan fingerprint density at radius 2 is 0.238 bits per heavy atom. The zero-order valence-corrected chi connectivity index (χ0v) is 64.3. The summed E-state index contributed by atoms with van der Waals surface area (Å²) in [5, 5.41) is 15.2. The van der Waals surface area contributed by atoms with Crippen LogP contribution in [0, 0.1) is 0 Å². The van der Waals surface area contributed by atoms with Crippen LogP contribution < -0.4 is 11.5 Å². The van der Waals surface area contributed by atoms with Crippen LogP contribution in [0.15, 0.2) is 0 Å². The summed E-state index contributed by atoms with van der Waals surface area (Å²) in [7, 11) is 0. The van der Waals surface area contributed by atoms with E-state index in [2.05, 4.69) is 11.5 Å². The van der Waals surface area contributed by atoms with Crippen LogP contribution in [-0.2, 0) is 481 Å². The van der Waals surface area contributed by atoms with Crippen LogP contribution in [-0.4, -0.2) is 52.8 Å². The SMILES string of the molecule is NCC(=O)O.NCC(=O)O.[Ge+4].[H+].[H+].[O-2].[O-2].[O-2].[O-2].[O-2].[O-2].[O-2].[O-2].[O-2].[O-2].[O-2].[O-2].[O-2].[O-2].[O-2].[O-2].[O-2].[O-2].[O-2].[O-2].[O-2].[O-2].[O-2].[O-2].[O-2].[O-2].[O-2].[O-2].[O-2].[O-2].[O-2].[O-2].[O-2].[O-2].[O-2].[O-2].[O-2].[O-2].[O-2].[O-2].[W].[W].[W].[W].[W].[W].[W].[W].[W].[W].[W].[W]. The molecule has 0 aromatic rings. The van der Waals surface area contributed by atoms with Gasteiger partial charge in [-0.15, -0.1) is 0 Å². The predicted molar refractivity (Wildman–Crippen MR) is 68.8 cm³/mol. The van der Waals surface area contributed by atoms with Gasteiger partial charge >= 0.3 is 32.4 Å². The molecule has 46 nitrogen and oxygen atoms in total. The first kappa shape index (κ1) is 1620. The minimum Gasteiger partial charge on any atom is -2.00 e. The molecule has 0 aromatic heterocycles. The number of hydrogen-bond donors (Lipinski definition) is 4. The Morgan fingerprint density at radius 1 is 0.222 bits per heavy atom. The van der Waals surface area contributed by atoms with Gasteiger partial charge in [-0.25, -0.2) is 0 Å². The maximum Gasteiger partial charge on any atom is 4.00 e. The van der Waals surface area contributed by atoms with Gasteiger partial charge in [-0.3, -0.25) is 9.59 Å². The topological polar surface area (TPSA) is 1270 Å². The van der Waals surface area contributed by atoms with E-state index in [1.54, 1.807) is 0 Å². The number of carboxylic acids is 2. The van der Waals surface area contributed by atoms with E-state index >= 15 is 0 Å². The largest absolute Gasteiger partial charge is 4.00 e. The normalized spacial score (nSPS) is 1.17. The fourth-order valence-electron chi connectivity index (χ4n) is 0. The molecular formula is C4H12GeN2O44W12-74. The molecule has 0 aliphatic carbocycles. The second kappa shape index (κ2) is 1550. The van der Waals surface area contributed by atoms with Crippen LogP contribution in [0.4, 0.5) is 0 Å². The Kier molecular flexibility index (Phi) is 39700. The summed E-state index contributed by atoms with van der Waals surface area (Å²) in [6, 6.07) is 0. The molecule has 0 fully saturated rings. The number of carbonyl (C=O) groups is 2. The summed E-state index contributed by atoms with van der Waals surface area (Å²) in [5.74, 6) is -1.94. The van der Waals surface area contributed by atoms with Gasteiger partial charge in [0.15, 0.2) is 0 Å². The zero-order valence-electron chi connectivity index (χ0n) is 29.0. The van der Waals surface area contributed by atoms with Crippen molar-refractivity contribution in [3.63, 3.8) is 0 Å². The fraction of sp³-hybridized carbons (Fsp3) is 0.500. The van der Waals surface area contributed by atoms with Crippen LogP contribution in [0.3, 0.4) is 0 Å². The molecule has 0 radical (unpaired) electrons. The van der Waals surface area contributed by atoms with E-state index < -0.39 is 11.9 Å². The molecule has 0 rings (SSSR count). The number of aliphatic carboxylic acids is 2. The number of nitrogens with two attached hydrogens (primary N) is 2. The Morgan fingerprint density at radius 3 is 0.238 bits per heavy atom. The van der Waals surface area contributed by atoms with E-state index in [9.17, 15) is 9.59 Å². The van der Waals surface area contributed by atoms with Crippen molar-refractivity contribution in [2.45, 2.75) is 0 Å². The molecule has 452 valence electrons. The van der Waals surface area contributed by atoms with Crippen molar-refractivity contribution in [1.82, 2.24) is 0 Å². The van der Waals surface area contributed by atoms with E-state index in [0.29, 0.717) is 0 Å². The molecule has 0 spiro atoms. The number of rotatable bonds is 2. The molecule has 0 aromatic carbocycles. The first-order valence-electron chi connectivity index (χ1n) is 2.38. The maximum absolute atomic E-state index is 9.24. The van der Waals surface area contributed by atoms with Gasteiger partial charge in [0.1, 0.15) is 0 Å². The van der Waals surface area contributed by atoms with Crippen LogP contribution in [0.25, 0.3) is 0 Å². The Balaban J connectivity index is -0.000000000194. The first-order valence-corrected chi connectivity index (χ1v) is 2.38. The molecule has 0 heterocycles. The van der Waals surface area contributed by atoms with Crippen molar-refractivity contribution >= 4 is 29.5 Å². The molecule has 0 amide bonds. The van der Waals surface area contributed by atoms with E-state index in [1.165, 1.54) is 0 Å². The van der Waals surface area contributed by atoms with Gasteiger partial charge in [0, 0.05) is 253 Å². The van der Waals surface area contributed by atoms with Gasteiger partial charge in [-0.2, -0.15) is 0 Å². The standard InChI is InChI=1S/2C2H5NO2.Ge.40O.12W/c2*3-1-2(4)5;;;;;;;;;;;;;;;;;;;;;;;;;;;;;;;;;;;;;;;;;;;;;;;;;;;;;/h2*1,3H2,(H,4,5);;;;;;;;;;;;;;;;;;;;;;;;;;;;;;;;;;;;;;;;;;;;;;;;;;;;;/q;;+4;40*-2;;;;;;;;;;;;/p+2. The van der Waals surface area contributed by atoms with E-state index in [0.717, 1.165) is 0 Å². The number of carboxylic acid groups (broad SMARTS) is 2. The van der Waals surface area contributed by atoms with Crippen molar-refractivity contribution in [2.75, 3.05) is 13.1 Å². The Bertz CT molecular complexity index is 181. The molecule has 0 atom stereocenters. The molecule has 0 saturated carbocycles. The summed E-state index contributed by atoms with van der Waals surface area (Å²) >= 11 is 0. The fourth-order valence-corrected chi connectivity index (χ4v) is 0. The second-order valence-corrected chi connectivity index (χ2v) is 1.20. The maximum atomic E-state index is 9.24. The van der Waals surface area contributed by atoms with Gasteiger partial charge < -0.3 is 241 Å². The van der Waals surface area contributed by atoms with Gasteiger partial charge in [0.05, 0.1) is 13.1 Å². The number of hydrogen-bond acceptors (Lipinski definition) is 4. The molecule has 0 saturated heterocycles. The molecule has 0 unspecified atom stereocenters. The average molecular weight is 3070 g/mol. The summed E-state index contributed by atoms with van der Waals surface area (Å²) in [5.41, 5.74) is 9.14. The molecule has 59 heteroatoms. The van der Waals surface area contributed by atoms with Crippen molar-refractivity contribution in [1.29, 1.82) is 0 Å². The van der Waals surface area contributed by atoms with Gasteiger partial charge in [0.25, 0.3) is 0 Å². The van der Waals surface area contributed by atoms with E-state index in [4.69, 9.17) is 10.2 Å². The molecule has 6 N–H and O–H groups in total. The zero-order chi connectivity index (χ0) is 8.57. The average Bonchev–Trinajstić information content (AvgIpc) is 1.89. The van der Waals surface area contributed by atoms with Crippen LogP contribution in [0.1, 0.15) is 2.85 Å². The van der Waals surface area contributed by atoms with Crippen molar-refractivity contribution in [2.24, 2.45) is 11.5 Å². The molecule has 0 aliphatic rings. The van der Waals surface area contributed by atoms with Crippen molar-refractivity contribution in [3.05, 3.63) is 0 Å². The quantitative estimate of drug-likeness (QED) is 0.195. The minimum atomic E-state index is -0.968. The van der Waals surface area contributed by atoms with Crippen LogP contribution in [0.2, 0.25) is 0 Å². The third kappa shape index (κ3) is 2930. The van der Waals surface area contributed by atoms with Gasteiger partial charge in [-0.05, 0) is 0 Å². The smallest absolute Gasteiger partial charge is 2.00 e. The van der Waals surface area contributed by atoms with E-state index in [1.807, 2.05) is 0 Å². The Hall–Kier alpha value is 6.06. The summed E-state index contributed by atoms with van der Waals surface area (Å²) < 4.78 is 0. The third-order valence-corrected chi connectivity index (χ3v) is 0.349. The first-order chi connectivity index (χ1) is 4.54. The predicted octanol–water partition coefficient (Wildman–Crippen LogP) is -6.88. The Labute approximate surface area is 541 Å². The summed E-state index contributed by atoms with van der Waals surface area (Å²) in [6.07, 6.45) is 0. The molecule has 0 aliphatic heterocycles. The van der Waals surface area contributed by atoms with Gasteiger partial charge in [0.2, 0.25) is 0 Å².